The van der Waals surface area contributed by atoms with Crippen LogP contribution in [0.5, 0.6) is 0 Å². The number of hydrogen-bond acceptors (Lipinski definition) is 3. The van der Waals surface area contributed by atoms with Crippen LogP contribution < -0.4 is 5.32 Å². The van der Waals surface area contributed by atoms with Gasteiger partial charge in [-0.3, -0.25) is 0 Å². The number of rotatable bonds is 7. The van der Waals surface area contributed by atoms with Crippen molar-refractivity contribution in [1.82, 2.24) is 5.32 Å². The molecule has 0 saturated carbocycles. The van der Waals surface area contributed by atoms with Gasteiger partial charge >= 0.3 is 0 Å². The number of benzene rings is 1. The Bertz CT molecular complexity index is 556. The first-order chi connectivity index (χ1) is 10.1. The second-order valence-corrected chi connectivity index (χ2v) is 6.24. The summed E-state index contributed by atoms with van der Waals surface area (Å²) in [5, 5.41) is 15.0. The highest BCUT2D eigenvalue weighted by molar-refractivity contribution is 7.13. The zero-order valence-corrected chi connectivity index (χ0v) is 13.3. The lowest BCUT2D eigenvalue weighted by Gasteiger charge is -2.31. The molecule has 0 aliphatic carbocycles. The van der Waals surface area contributed by atoms with Crippen molar-refractivity contribution >= 4 is 11.3 Å². The zero-order valence-electron chi connectivity index (χ0n) is 12.5. The molecule has 114 valence electrons. The molecule has 0 unspecified atom stereocenters. The second-order valence-electron chi connectivity index (χ2n) is 5.29. The van der Waals surface area contributed by atoms with Gasteiger partial charge in [-0.2, -0.15) is 0 Å². The van der Waals surface area contributed by atoms with Crippen molar-refractivity contribution in [3.8, 4) is 10.4 Å². The lowest BCUT2D eigenvalue weighted by atomic mass is 9.93. The van der Waals surface area contributed by atoms with E-state index >= 15 is 0 Å². The van der Waals surface area contributed by atoms with Gasteiger partial charge in [-0.1, -0.05) is 26.0 Å². The van der Waals surface area contributed by atoms with E-state index in [9.17, 15) is 9.50 Å². The van der Waals surface area contributed by atoms with E-state index in [4.69, 9.17) is 0 Å². The molecule has 0 atom stereocenters. The fraction of sp³-hybridized carbons (Fsp3) is 0.412. The molecule has 21 heavy (non-hydrogen) atoms. The molecule has 1 aromatic carbocycles. The topological polar surface area (TPSA) is 32.3 Å². The van der Waals surface area contributed by atoms with E-state index in [1.165, 1.54) is 17.4 Å². The SMILES string of the molecule is CCC(CC)(CO)NCc1ccc(F)c(-c2cccs2)c1. The van der Waals surface area contributed by atoms with Crippen molar-refractivity contribution in [2.75, 3.05) is 6.61 Å². The van der Waals surface area contributed by atoms with Crippen LogP contribution in [-0.4, -0.2) is 17.3 Å². The van der Waals surface area contributed by atoms with E-state index in [-0.39, 0.29) is 18.0 Å². The van der Waals surface area contributed by atoms with Crippen molar-refractivity contribution < 1.29 is 9.50 Å². The van der Waals surface area contributed by atoms with Gasteiger partial charge in [-0.15, -0.1) is 11.3 Å². The highest BCUT2D eigenvalue weighted by Crippen LogP contribution is 2.28. The second kappa shape index (κ2) is 7.16. The molecule has 0 spiro atoms. The van der Waals surface area contributed by atoms with Crippen LogP contribution in [0.4, 0.5) is 4.39 Å². The number of nitrogens with one attached hydrogen (secondary N) is 1. The normalized spacial score (nSPS) is 11.8. The maximum absolute atomic E-state index is 14.0. The summed E-state index contributed by atoms with van der Waals surface area (Å²) in [4.78, 5) is 0.939. The van der Waals surface area contributed by atoms with Crippen LogP contribution in [0.25, 0.3) is 10.4 Å². The maximum atomic E-state index is 14.0. The molecule has 0 radical (unpaired) electrons. The minimum Gasteiger partial charge on any atom is -0.394 e. The van der Waals surface area contributed by atoms with Gasteiger partial charge in [-0.25, -0.2) is 4.39 Å². The van der Waals surface area contributed by atoms with E-state index in [0.717, 1.165) is 23.3 Å². The summed E-state index contributed by atoms with van der Waals surface area (Å²) in [5.74, 6) is -0.194. The Morgan fingerprint density at radius 2 is 2.00 bits per heavy atom. The first-order valence-electron chi connectivity index (χ1n) is 7.32. The molecule has 2 aromatic rings. The minimum absolute atomic E-state index is 0.110. The molecule has 0 bridgehead atoms. The Hall–Kier alpha value is -1.23. The van der Waals surface area contributed by atoms with Gasteiger partial charge in [0.15, 0.2) is 0 Å². The van der Waals surface area contributed by atoms with Gasteiger partial charge in [0.2, 0.25) is 0 Å². The third-order valence-electron chi connectivity index (χ3n) is 4.14. The molecule has 2 nitrogen and oxygen atoms in total. The van der Waals surface area contributed by atoms with Crippen molar-refractivity contribution in [2.45, 2.75) is 38.8 Å². The number of aliphatic hydroxyl groups is 1. The Balaban J connectivity index is 2.17. The Kier molecular flexibility index (Phi) is 5.51. The highest BCUT2D eigenvalue weighted by Gasteiger charge is 2.24. The fourth-order valence-corrected chi connectivity index (χ4v) is 3.12. The summed E-state index contributed by atoms with van der Waals surface area (Å²) in [6, 6.07) is 9.06. The third-order valence-corrected chi connectivity index (χ3v) is 5.04. The van der Waals surface area contributed by atoms with Gasteiger partial charge in [-0.05, 0) is 42.0 Å². The quantitative estimate of drug-likeness (QED) is 0.803. The van der Waals surface area contributed by atoms with Crippen LogP contribution in [0.3, 0.4) is 0 Å². The summed E-state index contributed by atoms with van der Waals surface area (Å²) >= 11 is 1.54. The predicted molar refractivity (Wildman–Crippen MR) is 87.0 cm³/mol. The highest BCUT2D eigenvalue weighted by atomic mass is 32.1. The van der Waals surface area contributed by atoms with Crippen molar-refractivity contribution in [3.05, 3.63) is 47.1 Å². The average molecular weight is 307 g/mol. The number of halogens is 1. The van der Waals surface area contributed by atoms with E-state index in [1.807, 2.05) is 23.6 Å². The lowest BCUT2D eigenvalue weighted by molar-refractivity contribution is 0.149. The molecule has 0 aliphatic rings. The van der Waals surface area contributed by atoms with Gasteiger partial charge in [0, 0.05) is 22.5 Å². The summed E-state index contributed by atoms with van der Waals surface area (Å²) in [6.07, 6.45) is 1.72. The van der Waals surface area contributed by atoms with Gasteiger partial charge in [0.25, 0.3) is 0 Å². The molecule has 0 aliphatic heterocycles. The monoisotopic (exact) mass is 307 g/mol. The molecule has 1 aromatic heterocycles. The van der Waals surface area contributed by atoms with E-state index < -0.39 is 0 Å². The molecule has 1 heterocycles. The van der Waals surface area contributed by atoms with Crippen molar-refractivity contribution in [1.29, 1.82) is 0 Å². The van der Waals surface area contributed by atoms with Crippen LogP contribution in [0.1, 0.15) is 32.3 Å². The molecular weight excluding hydrogens is 285 g/mol. The largest absolute Gasteiger partial charge is 0.394 e. The van der Waals surface area contributed by atoms with Gasteiger partial charge in [0.1, 0.15) is 5.82 Å². The Morgan fingerprint density at radius 3 is 2.57 bits per heavy atom. The molecule has 0 amide bonds. The summed E-state index contributed by atoms with van der Waals surface area (Å²) in [6.45, 7) is 4.86. The van der Waals surface area contributed by atoms with Crippen LogP contribution in [0.15, 0.2) is 35.7 Å². The maximum Gasteiger partial charge on any atom is 0.131 e. The van der Waals surface area contributed by atoms with Gasteiger partial charge < -0.3 is 10.4 Å². The molecule has 2 rings (SSSR count). The first-order valence-corrected chi connectivity index (χ1v) is 8.20. The van der Waals surface area contributed by atoms with E-state index in [0.29, 0.717) is 12.1 Å². The number of aliphatic hydroxyl groups excluding tert-OH is 1. The fourth-order valence-electron chi connectivity index (χ4n) is 2.37. The smallest absolute Gasteiger partial charge is 0.131 e. The average Bonchev–Trinajstić information content (AvgIpc) is 3.05. The molecule has 4 heteroatoms. The Morgan fingerprint density at radius 1 is 1.24 bits per heavy atom. The van der Waals surface area contributed by atoms with E-state index in [2.05, 4.69) is 19.2 Å². The van der Waals surface area contributed by atoms with Crippen LogP contribution in [-0.2, 0) is 6.54 Å². The standard InChI is InChI=1S/C17H22FNOS/c1-3-17(4-2,12-20)19-11-13-7-8-15(18)14(10-13)16-6-5-9-21-16/h5-10,19-20H,3-4,11-12H2,1-2H3. The molecule has 0 saturated heterocycles. The minimum atomic E-state index is -0.252. The Labute approximate surface area is 129 Å². The zero-order chi connectivity index (χ0) is 15.3. The van der Waals surface area contributed by atoms with Crippen molar-refractivity contribution in [2.24, 2.45) is 0 Å². The summed E-state index contributed by atoms with van der Waals surface area (Å²) in [5.41, 5.74) is 1.42. The lowest BCUT2D eigenvalue weighted by Crippen LogP contribution is -2.47. The summed E-state index contributed by atoms with van der Waals surface area (Å²) in [7, 11) is 0. The predicted octanol–water partition coefficient (Wildman–Crippen LogP) is 4.19. The summed E-state index contributed by atoms with van der Waals surface area (Å²) < 4.78 is 14.0. The van der Waals surface area contributed by atoms with Crippen LogP contribution in [0, 0.1) is 5.82 Å². The molecule has 0 fully saturated rings. The first kappa shape index (κ1) is 16.1. The molecule has 2 N–H and O–H groups in total. The van der Waals surface area contributed by atoms with E-state index in [1.54, 1.807) is 6.07 Å². The van der Waals surface area contributed by atoms with Crippen LogP contribution >= 0.6 is 11.3 Å². The number of hydrogen-bond donors (Lipinski definition) is 2. The molecular formula is C17H22FNOS. The number of thiophene rings is 1. The third kappa shape index (κ3) is 3.70. The van der Waals surface area contributed by atoms with Crippen LogP contribution in [0.2, 0.25) is 0 Å². The van der Waals surface area contributed by atoms with Gasteiger partial charge in [0.05, 0.1) is 6.61 Å². The van der Waals surface area contributed by atoms with Crippen molar-refractivity contribution in [3.63, 3.8) is 0 Å².